The zero-order valence-electron chi connectivity index (χ0n) is 34.9. The number of para-hydroxylation sites is 1. The smallest absolute Gasteiger partial charge is 0.345 e. The van der Waals surface area contributed by atoms with Crippen LogP contribution in [0, 0.1) is 27.7 Å². The number of fused-ring (bicyclic) bond motifs is 12. The third-order valence-corrected chi connectivity index (χ3v) is 10.4. The molecule has 64 heavy (non-hydrogen) atoms. The van der Waals surface area contributed by atoms with Crippen LogP contribution in [0.15, 0.2) is 183 Å². The van der Waals surface area contributed by atoms with E-state index in [1.54, 1.807) is 67.3 Å². The van der Waals surface area contributed by atoms with Crippen molar-refractivity contribution in [3.63, 3.8) is 0 Å². The Morgan fingerprint density at radius 3 is 1.55 bits per heavy atom. The third-order valence-electron chi connectivity index (χ3n) is 10.4. The summed E-state index contributed by atoms with van der Waals surface area (Å²) >= 11 is 0. The van der Waals surface area contributed by atoms with E-state index in [0.29, 0.717) is 54.9 Å². The van der Waals surface area contributed by atoms with Gasteiger partial charge in [0.05, 0.1) is 32.6 Å². The second-order valence-corrected chi connectivity index (χ2v) is 15.2. The number of aryl methyl sites for hydroxylation is 4. The number of hydrogen-bond donors (Lipinski definition) is 0. The molecule has 0 bridgehead atoms. The van der Waals surface area contributed by atoms with Crippen molar-refractivity contribution < 1.29 is 17.7 Å². The monoisotopic (exact) mass is 844 g/mol. The predicted molar refractivity (Wildman–Crippen MR) is 250 cm³/mol. The van der Waals surface area contributed by atoms with Crippen LogP contribution in [-0.2, 0) is 0 Å². The Hall–Kier alpha value is -8.64. The molecule has 12 aromatic rings. The zero-order chi connectivity index (χ0) is 44.5. The molecule has 12 rings (SSSR count). The van der Waals surface area contributed by atoms with Gasteiger partial charge in [-0.25, -0.2) is 19.2 Å². The molecule has 0 aliphatic carbocycles. The second kappa shape index (κ2) is 17.0. The van der Waals surface area contributed by atoms with Gasteiger partial charge in [-0.1, -0.05) is 54.1 Å². The van der Waals surface area contributed by atoms with Crippen LogP contribution in [0.4, 0.5) is 0 Å². The molecule has 0 unspecified atom stereocenters. The molecule has 0 fully saturated rings. The fraction of sp³-hybridized carbons (Fsp3) is 0.0769. The Labute approximate surface area is 361 Å². The lowest BCUT2D eigenvalue weighted by Gasteiger charge is -2.01. The highest BCUT2D eigenvalue weighted by atomic mass is 16.4. The maximum atomic E-state index is 11.8. The summed E-state index contributed by atoms with van der Waals surface area (Å²) in [6.07, 6.45) is 6.91. The topological polar surface area (TPSA) is 172 Å². The van der Waals surface area contributed by atoms with Crippen LogP contribution >= 0.6 is 0 Å². The average molecular weight is 845 g/mol. The predicted octanol–water partition coefficient (Wildman–Crippen LogP) is 10.6. The number of nitrogens with zero attached hydrogens (tertiary/aromatic N) is 4. The van der Waals surface area contributed by atoms with E-state index in [1.807, 2.05) is 107 Å². The highest BCUT2D eigenvalue weighted by Gasteiger charge is 2.11. The standard InChI is InChI=1S/4C13H9NO2/c1-8-4-5-9-10(7-8)13(15)16-11-3-2-6-14-12(9)11;1-8-4-5-9-11(7-8)16-13(15)10-3-2-6-14-12(9)10;1-8-6-10-12(14-7-8)9-4-2-3-5-11(9)16-13(10)15;1-8-6-11-12(14-7-8)9-4-2-3-5-10(9)13(15)16-11/h4*2-7H,1H3. The number of rotatable bonds is 0. The highest BCUT2D eigenvalue weighted by molar-refractivity contribution is 6.04. The highest BCUT2D eigenvalue weighted by Crippen LogP contribution is 2.24. The van der Waals surface area contributed by atoms with Crippen molar-refractivity contribution in [1.29, 1.82) is 0 Å². The van der Waals surface area contributed by atoms with E-state index in [1.165, 1.54) is 0 Å². The molecule has 8 heterocycles. The van der Waals surface area contributed by atoms with Crippen molar-refractivity contribution in [1.82, 2.24) is 19.9 Å². The van der Waals surface area contributed by atoms with Gasteiger partial charge in [0.1, 0.15) is 22.2 Å². The fourth-order valence-corrected chi connectivity index (χ4v) is 7.40. The second-order valence-electron chi connectivity index (χ2n) is 15.2. The van der Waals surface area contributed by atoms with Crippen LogP contribution in [-0.4, -0.2) is 19.9 Å². The number of pyridine rings is 4. The van der Waals surface area contributed by atoms with Gasteiger partial charge in [0, 0.05) is 46.3 Å². The Kier molecular flexibility index (Phi) is 10.8. The largest absolute Gasteiger partial charge is 0.422 e. The summed E-state index contributed by atoms with van der Waals surface area (Å²) in [5.41, 5.74) is 7.88. The van der Waals surface area contributed by atoms with Gasteiger partial charge in [-0.05, 0) is 117 Å². The third kappa shape index (κ3) is 7.98. The molecular formula is C52H36N4O8. The lowest BCUT2D eigenvalue weighted by Crippen LogP contribution is -2.01. The molecule has 12 heteroatoms. The molecule has 12 nitrogen and oxygen atoms in total. The van der Waals surface area contributed by atoms with E-state index in [4.69, 9.17) is 17.7 Å². The van der Waals surface area contributed by atoms with Gasteiger partial charge in [-0.2, -0.15) is 0 Å². The summed E-state index contributed by atoms with van der Waals surface area (Å²) in [4.78, 5) is 64.0. The summed E-state index contributed by atoms with van der Waals surface area (Å²) in [7, 11) is 0. The lowest BCUT2D eigenvalue weighted by atomic mass is 10.1. The van der Waals surface area contributed by atoms with Crippen LogP contribution in [0.2, 0.25) is 0 Å². The van der Waals surface area contributed by atoms with Gasteiger partial charge < -0.3 is 17.7 Å². The Bertz CT molecular complexity index is 3760. The molecular weight excluding hydrogens is 809 g/mol. The zero-order valence-corrected chi connectivity index (χ0v) is 34.9. The normalized spacial score (nSPS) is 11.1. The Morgan fingerprint density at radius 1 is 0.312 bits per heavy atom. The van der Waals surface area contributed by atoms with Crippen molar-refractivity contribution in [2.24, 2.45) is 0 Å². The van der Waals surface area contributed by atoms with Crippen molar-refractivity contribution in [2.45, 2.75) is 27.7 Å². The van der Waals surface area contributed by atoms with Gasteiger partial charge >= 0.3 is 22.5 Å². The molecule has 0 spiro atoms. The summed E-state index contributed by atoms with van der Waals surface area (Å²) in [6, 6.07) is 36.9. The minimum atomic E-state index is -0.332. The Morgan fingerprint density at radius 2 is 0.750 bits per heavy atom. The molecule has 312 valence electrons. The first-order valence-electron chi connectivity index (χ1n) is 20.2. The molecule has 0 atom stereocenters. The summed E-state index contributed by atoms with van der Waals surface area (Å²) in [5.74, 6) is 0. The maximum absolute atomic E-state index is 11.8. The van der Waals surface area contributed by atoms with E-state index < -0.39 is 0 Å². The summed E-state index contributed by atoms with van der Waals surface area (Å²) < 4.78 is 20.9. The van der Waals surface area contributed by atoms with Crippen molar-refractivity contribution in [3.05, 3.63) is 210 Å². The molecule has 0 amide bonds. The maximum Gasteiger partial charge on any atom is 0.345 e. The van der Waals surface area contributed by atoms with Crippen molar-refractivity contribution in [2.75, 3.05) is 0 Å². The molecule has 0 aliphatic rings. The van der Waals surface area contributed by atoms with Crippen LogP contribution < -0.4 is 22.5 Å². The molecule has 8 aromatic heterocycles. The molecule has 0 saturated carbocycles. The first-order valence-corrected chi connectivity index (χ1v) is 20.2. The van der Waals surface area contributed by atoms with Crippen molar-refractivity contribution >= 4 is 87.5 Å². The average Bonchev–Trinajstić information content (AvgIpc) is 3.30. The summed E-state index contributed by atoms with van der Waals surface area (Å²) in [5, 5.41) is 5.67. The number of aromatic nitrogens is 4. The van der Waals surface area contributed by atoms with Crippen LogP contribution in [0.3, 0.4) is 0 Å². The first-order chi connectivity index (χ1) is 31.0. The Balaban J connectivity index is 0.000000108. The quantitative estimate of drug-likeness (QED) is 0.105. The van der Waals surface area contributed by atoms with Gasteiger partial charge in [-0.3, -0.25) is 19.9 Å². The first kappa shape index (κ1) is 40.7. The van der Waals surface area contributed by atoms with Crippen molar-refractivity contribution in [3.8, 4) is 0 Å². The number of benzene rings is 4. The SMILES string of the molecule is Cc1ccc2c(c1)c(=O)oc1cccnc12.Cc1ccc2c(c1)oc(=O)c1cccnc12.Cc1cnc2c(c1)c(=O)oc1ccccc12.Cc1cnc2c(c1)oc(=O)c1ccccc12. The van der Waals surface area contributed by atoms with E-state index in [2.05, 4.69) is 19.9 Å². The molecule has 4 aromatic carbocycles. The van der Waals surface area contributed by atoms with Crippen LogP contribution in [0.1, 0.15) is 22.3 Å². The van der Waals surface area contributed by atoms with Crippen LogP contribution in [0.5, 0.6) is 0 Å². The van der Waals surface area contributed by atoms with E-state index >= 15 is 0 Å². The van der Waals surface area contributed by atoms with E-state index in [9.17, 15) is 19.2 Å². The van der Waals surface area contributed by atoms with E-state index in [0.717, 1.165) is 54.8 Å². The minimum absolute atomic E-state index is 0.306. The van der Waals surface area contributed by atoms with Gasteiger partial charge in [0.2, 0.25) is 0 Å². The van der Waals surface area contributed by atoms with Crippen LogP contribution in [0.25, 0.3) is 87.5 Å². The van der Waals surface area contributed by atoms with Gasteiger partial charge in [0.15, 0.2) is 11.2 Å². The minimum Gasteiger partial charge on any atom is -0.422 e. The molecule has 0 aliphatic heterocycles. The lowest BCUT2D eigenvalue weighted by molar-refractivity contribution is 0.568. The van der Waals surface area contributed by atoms with Gasteiger partial charge in [0.25, 0.3) is 0 Å². The van der Waals surface area contributed by atoms with E-state index in [-0.39, 0.29) is 22.5 Å². The number of hydrogen-bond acceptors (Lipinski definition) is 12. The molecule has 0 saturated heterocycles. The van der Waals surface area contributed by atoms with Gasteiger partial charge in [-0.15, -0.1) is 0 Å². The fourth-order valence-electron chi connectivity index (χ4n) is 7.40. The molecule has 0 radical (unpaired) electrons. The summed E-state index contributed by atoms with van der Waals surface area (Å²) in [6.45, 7) is 7.73. The molecule has 0 N–H and O–H groups in total.